The minimum atomic E-state index is -4.67. The average molecular weight is 291 g/mol. The number of anilines is 1. The number of benzene rings is 1. The molecule has 2 rings (SSSR count). The third kappa shape index (κ3) is 3.36. The van der Waals surface area contributed by atoms with Gasteiger partial charge in [-0.3, -0.25) is 10.1 Å². The molecular weight excluding hydrogens is 279 g/mol. The average Bonchev–Trinajstić information content (AvgIpc) is 2.39. The summed E-state index contributed by atoms with van der Waals surface area (Å²) >= 11 is 0. The van der Waals surface area contributed by atoms with Crippen molar-refractivity contribution < 1.29 is 22.8 Å². The Bertz CT molecular complexity index is 501. The first-order valence-corrected chi connectivity index (χ1v) is 5.83. The maximum absolute atomic E-state index is 12.9. The first-order valence-electron chi connectivity index (χ1n) is 5.83. The van der Waals surface area contributed by atoms with Gasteiger partial charge in [-0.1, -0.05) is 0 Å². The molecule has 110 valence electrons. The lowest BCUT2D eigenvalue weighted by Gasteiger charge is -2.29. The molecule has 1 heterocycles. The summed E-state index contributed by atoms with van der Waals surface area (Å²) in [6.07, 6.45) is -4.67. The zero-order valence-electron chi connectivity index (χ0n) is 10.3. The first-order chi connectivity index (χ1) is 9.38. The normalized spacial score (nSPS) is 16.9. The molecule has 0 radical (unpaired) electrons. The monoisotopic (exact) mass is 291 g/mol. The summed E-state index contributed by atoms with van der Waals surface area (Å²) in [6.45, 7) is 1.71. The summed E-state index contributed by atoms with van der Waals surface area (Å²) in [5.74, 6) is 0. The van der Waals surface area contributed by atoms with E-state index in [0.29, 0.717) is 32.4 Å². The minimum Gasteiger partial charge on any atom is -0.379 e. The van der Waals surface area contributed by atoms with E-state index in [9.17, 15) is 23.3 Å². The molecule has 20 heavy (non-hydrogen) atoms. The van der Waals surface area contributed by atoms with Crippen LogP contribution in [0.15, 0.2) is 18.2 Å². The Labute approximate surface area is 112 Å². The molecule has 0 unspecified atom stereocenters. The van der Waals surface area contributed by atoms with Crippen molar-refractivity contribution in [2.24, 2.45) is 0 Å². The van der Waals surface area contributed by atoms with Crippen LogP contribution in [0, 0.1) is 10.1 Å². The fourth-order valence-corrected chi connectivity index (χ4v) is 1.82. The van der Waals surface area contributed by atoms with Crippen LogP contribution in [0.2, 0.25) is 0 Å². The van der Waals surface area contributed by atoms with Crippen molar-refractivity contribution >= 4 is 11.4 Å². The molecule has 0 aromatic heterocycles. The third-order valence-corrected chi connectivity index (χ3v) is 2.81. The second-order valence-electron chi connectivity index (χ2n) is 4.20. The van der Waals surface area contributed by atoms with Gasteiger partial charge in [-0.2, -0.15) is 13.2 Å². The number of alkyl halides is 3. The van der Waals surface area contributed by atoms with E-state index >= 15 is 0 Å². The van der Waals surface area contributed by atoms with Gasteiger partial charge in [0.05, 0.1) is 29.4 Å². The summed E-state index contributed by atoms with van der Waals surface area (Å²) in [7, 11) is 0. The number of hydrogen-bond donors (Lipinski definition) is 1. The zero-order valence-corrected chi connectivity index (χ0v) is 10.3. The van der Waals surface area contributed by atoms with Gasteiger partial charge in [0, 0.05) is 25.2 Å². The number of hydrazine groups is 1. The zero-order chi connectivity index (χ0) is 14.8. The molecule has 0 spiro atoms. The van der Waals surface area contributed by atoms with Crippen LogP contribution in [0.25, 0.3) is 0 Å². The molecule has 6 nitrogen and oxygen atoms in total. The minimum absolute atomic E-state index is 0.204. The first kappa shape index (κ1) is 14.5. The van der Waals surface area contributed by atoms with E-state index in [0.717, 1.165) is 12.1 Å². The third-order valence-electron chi connectivity index (χ3n) is 2.81. The van der Waals surface area contributed by atoms with Crippen LogP contribution < -0.4 is 5.43 Å². The summed E-state index contributed by atoms with van der Waals surface area (Å²) in [5, 5.41) is 12.2. The van der Waals surface area contributed by atoms with E-state index < -0.39 is 22.4 Å². The van der Waals surface area contributed by atoms with Crippen LogP contribution in [0.4, 0.5) is 24.5 Å². The fraction of sp³-hybridized carbons (Fsp3) is 0.455. The molecular formula is C11H12F3N3O3. The number of ether oxygens (including phenoxy) is 1. The van der Waals surface area contributed by atoms with E-state index in [2.05, 4.69) is 5.43 Å². The number of hydrogen-bond acceptors (Lipinski definition) is 5. The summed E-state index contributed by atoms with van der Waals surface area (Å²) in [5.41, 5.74) is 0.779. The van der Waals surface area contributed by atoms with Crippen molar-refractivity contribution in [3.05, 3.63) is 33.9 Å². The Morgan fingerprint density at radius 2 is 1.95 bits per heavy atom. The van der Waals surface area contributed by atoms with Gasteiger partial charge in [-0.15, -0.1) is 0 Å². The van der Waals surface area contributed by atoms with Gasteiger partial charge >= 0.3 is 6.18 Å². The fourth-order valence-electron chi connectivity index (χ4n) is 1.82. The number of nitro groups is 1. The van der Waals surface area contributed by atoms with Gasteiger partial charge < -0.3 is 10.2 Å². The number of non-ortho nitro benzene ring substituents is 1. The summed E-state index contributed by atoms with van der Waals surface area (Å²) in [4.78, 5) is 9.72. The highest BCUT2D eigenvalue weighted by Crippen LogP contribution is 2.37. The van der Waals surface area contributed by atoms with E-state index in [1.807, 2.05) is 0 Å². The molecule has 1 aromatic rings. The highest BCUT2D eigenvalue weighted by Gasteiger charge is 2.35. The molecule has 1 N–H and O–H groups in total. The Balaban J connectivity index is 2.28. The smallest absolute Gasteiger partial charge is 0.379 e. The van der Waals surface area contributed by atoms with E-state index in [4.69, 9.17) is 4.74 Å². The van der Waals surface area contributed by atoms with Crippen molar-refractivity contribution in [1.82, 2.24) is 5.01 Å². The SMILES string of the molecule is O=[N+]([O-])c1ccc(NN2CCOCC2)c(C(F)(F)F)c1. The maximum Gasteiger partial charge on any atom is 0.418 e. The molecule has 0 atom stereocenters. The number of halogens is 3. The lowest BCUT2D eigenvalue weighted by atomic mass is 10.1. The largest absolute Gasteiger partial charge is 0.418 e. The van der Waals surface area contributed by atoms with Crippen LogP contribution in [-0.4, -0.2) is 36.2 Å². The van der Waals surface area contributed by atoms with Crippen molar-refractivity contribution in [2.45, 2.75) is 6.18 Å². The number of morpholine rings is 1. The van der Waals surface area contributed by atoms with E-state index in [1.54, 1.807) is 5.01 Å². The molecule has 0 saturated carbocycles. The summed E-state index contributed by atoms with van der Waals surface area (Å²) < 4.78 is 43.9. The standard InChI is InChI=1S/C11H12F3N3O3/c12-11(13,14)9-7-8(17(18)19)1-2-10(9)15-16-3-5-20-6-4-16/h1-2,7,15H,3-6H2. The number of nitrogens with one attached hydrogen (secondary N) is 1. The Hall–Kier alpha value is -1.87. The Kier molecular flexibility index (Phi) is 4.09. The van der Waals surface area contributed by atoms with Crippen LogP contribution in [0.1, 0.15) is 5.56 Å². The maximum atomic E-state index is 12.9. The lowest BCUT2D eigenvalue weighted by Crippen LogP contribution is -2.40. The van der Waals surface area contributed by atoms with E-state index in [-0.39, 0.29) is 5.69 Å². The molecule has 1 aromatic carbocycles. The van der Waals surface area contributed by atoms with Gasteiger partial charge in [-0.25, -0.2) is 5.01 Å². The topological polar surface area (TPSA) is 67.6 Å². The van der Waals surface area contributed by atoms with Gasteiger partial charge in [0.25, 0.3) is 5.69 Å². The number of nitro benzene ring substituents is 1. The van der Waals surface area contributed by atoms with Gasteiger partial charge in [-0.05, 0) is 6.07 Å². The van der Waals surface area contributed by atoms with Gasteiger partial charge in [0.2, 0.25) is 0 Å². The second-order valence-corrected chi connectivity index (χ2v) is 4.20. The van der Waals surface area contributed by atoms with Crippen LogP contribution in [-0.2, 0) is 10.9 Å². The molecule has 0 amide bonds. The van der Waals surface area contributed by atoms with Crippen LogP contribution >= 0.6 is 0 Å². The van der Waals surface area contributed by atoms with Crippen LogP contribution in [0.5, 0.6) is 0 Å². The molecule has 9 heteroatoms. The molecule has 1 aliphatic heterocycles. The van der Waals surface area contributed by atoms with Crippen molar-refractivity contribution in [3.63, 3.8) is 0 Å². The van der Waals surface area contributed by atoms with Gasteiger partial charge in [0.1, 0.15) is 0 Å². The lowest BCUT2D eigenvalue weighted by molar-refractivity contribution is -0.385. The molecule has 0 bridgehead atoms. The van der Waals surface area contributed by atoms with Crippen molar-refractivity contribution in [3.8, 4) is 0 Å². The van der Waals surface area contributed by atoms with Gasteiger partial charge in [0.15, 0.2) is 0 Å². The molecule has 1 saturated heterocycles. The van der Waals surface area contributed by atoms with Crippen molar-refractivity contribution in [1.29, 1.82) is 0 Å². The molecule has 1 aliphatic rings. The Morgan fingerprint density at radius 1 is 1.30 bits per heavy atom. The van der Waals surface area contributed by atoms with Crippen molar-refractivity contribution in [2.75, 3.05) is 31.7 Å². The van der Waals surface area contributed by atoms with Crippen LogP contribution in [0.3, 0.4) is 0 Å². The quantitative estimate of drug-likeness (QED) is 0.683. The number of nitrogens with zero attached hydrogens (tertiary/aromatic N) is 2. The summed E-state index contributed by atoms with van der Waals surface area (Å²) in [6, 6.07) is 2.64. The predicted molar refractivity (Wildman–Crippen MR) is 64.1 cm³/mol. The highest BCUT2D eigenvalue weighted by atomic mass is 19.4. The Morgan fingerprint density at radius 3 is 2.50 bits per heavy atom. The predicted octanol–water partition coefficient (Wildman–Crippen LogP) is 2.27. The molecule has 1 fully saturated rings. The number of rotatable bonds is 3. The highest BCUT2D eigenvalue weighted by molar-refractivity contribution is 5.56. The molecule has 0 aliphatic carbocycles. The second kappa shape index (κ2) is 5.63. The van der Waals surface area contributed by atoms with E-state index in [1.165, 1.54) is 0 Å².